The molecule has 0 amide bonds. The van der Waals surface area contributed by atoms with Crippen molar-refractivity contribution < 1.29 is 14.6 Å². The summed E-state index contributed by atoms with van der Waals surface area (Å²) in [5.41, 5.74) is 0.899. The maximum absolute atomic E-state index is 8.68. The van der Waals surface area contributed by atoms with Crippen LogP contribution in [0, 0.1) is 0 Å². The highest BCUT2D eigenvalue weighted by Crippen LogP contribution is 2.29. The fourth-order valence-corrected chi connectivity index (χ4v) is 1.32. The Balaban J connectivity index is 2.99. The second kappa shape index (κ2) is 6.09. The monoisotopic (exact) mass is 208 g/mol. The van der Waals surface area contributed by atoms with Gasteiger partial charge in [0.05, 0.1) is 19.8 Å². The van der Waals surface area contributed by atoms with Crippen molar-refractivity contribution >= 4 is 6.08 Å². The molecule has 0 saturated carbocycles. The molecule has 1 aromatic carbocycles. The van der Waals surface area contributed by atoms with Crippen LogP contribution < -0.4 is 9.47 Å². The van der Waals surface area contributed by atoms with E-state index in [9.17, 15) is 0 Å². The van der Waals surface area contributed by atoms with E-state index in [4.69, 9.17) is 14.6 Å². The summed E-state index contributed by atoms with van der Waals surface area (Å²) in [5.74, 6) is 1.53. The van der Waals surface area contributed by atoms with Gasteiger partial charge in [-0.25, -0.2) is 0 Å². The lowest BCUT2D eigenvalue weighted by Gasteiger charge is -2.09. The van der Waals surface area contributed by atoms with Crippen LogP contribution in [0.4, 0.5) is 0 Å². The van der Waals surface area contributed by atoms with Crippen LogP contribution in [-0.2, 0) is 0 Å². The molecule has 15 heavy (non-hydrogen) atoms. The Morgan fingerprint density at radius 1 is 1.20 bits per heavy atom. The van der Waals surface area contributed by atoms with Crippen LogP contribution in [0.1, 0.15) is 12.0 Å². The van der Waals surface area contributed by atoms with Gasteiger partial charge in [0.1, 0.15) is 11.5 Å². The zero-order valence-electron chi connectivity index (χ0n) is 9.06. The van der Waals surface area contributed by atoms with Crippen LogP contribution in [0.3, 0.4) is 0 Å². The molecule has 0 bridgehead atoms. The first kappa shape index (κ1) is 11.6. The van der Waals surface area contributed by atoms with Crippen molar-refractivity contribution in [2.24, 2.45) is 0 Å². The van der Waals surface area contributed by atoms with Crippen molar-refractivity contribution in [3.05, 3.63) is 29.8 Å². The summed E-state index contributed by atoms with van der Waals surface area (Å²) >= 11 is 0. The molecule has 1 rings (SSSR count). The minimum atomic E-state index is 0.147. The van der Waals surface area contributed by atoms with Gasteiger partial charge in [0.2, 0.25) is 0 Å². The molecule has 0 saturated heterocycles. The Bertz CT molecular complexity index is 309. The first-order chi connectivity index (χ1) is 7.33. The molecule has 1 aromatic rings. The third kappa shape index (κ3) is 2.99. The highest BCUT2D eigenvalue weighted by atomic mass is 16.5. The van der Waals surface area contributed by atoms with Crippen LogP contribution >= 0.6 is 0 Å². The average molecular weight is 208 g/mol. The van der Waals surface area contributed by atoms with Gasteiger partial charge in [-0.05, 0) is 18.6 Å². The van der Waals surface area contributed by atoms with Crippen molar-refractivity contribution in [3.63, 3.8) is 0 Å². The van der Waals surface area contributed by atoms with Crippen molar-refractivity contribution in [1.29, 1.82) is 0 Å². The van der Waals surface area contributed by atoms with Gasteiger partial charge in [-0.3, -0.25) is 0 Å². The summed E-state index contributed by atoms with van der Waals surface area (Å²) < 4.78 is 10.4. The largest absolute Gasteiger partial charge is 0.496 e. The van der Waals surface area contributed by atoms with Crippen molar-refractivity contribution in [2.75, 3.05) is 20.8 Å². The molecule has 0 fully saturated rings. The van der Waals surface area contributed by atoms with E-state index in [2.05, 4.69) is 0 Å². The van der Waals surface area contributed by atoms with Crippen molar-refractivity contribution in [2.45, 2.75) is 6.42 Å². The third-order valence-corrected chi connectivity index (χ3v) is 2.05. The molecule has 0 radical (unpaired) electrons. The fraction of sp³-hybridized carbons (Fsp3) is 0.333. The Kier molecular flexibility index (Phi) is 4.71. The molecule has 0 unspecified atom stereocenters. The van der Waals surface area contributed by atoms with Crippen molar-refractivity contribution in [1.82, 2.24) is 0 Å². The molecule has 0 heterocycles. The molecule has 0 aliphatic rings. The lowest BCUT2D eigenvalue weighted by Crippen LogP contribution is -1.91. The zero-order chi connectivity index (χ0) is 11.1. The molecule has 0 aliphatic carbocycles. The number of hydrogen-bond acceptors (Lipinski definition) is 3. The molecule has 82 valence electrons. The van der Waals surface area contributed by atoms with Crippen LogP contribution in [0.25, 0.3) is 6.08 Å². The maximum atomic E-state index is 8.68. The number of aliphatic hydroxyl groups excluding tert-OH is 1. The molecule has 3 nitrogen and oxygen atoms in total. The Morgan fingerprint density at radius 3 is 2.27 bits per heavy atom. The molecule has 3 heteroatoms. The van der Waals surface area contributed by atoms with E-state index >= 15 is 0 Å². The second-order valence-electron chi connectivity index (χ2n) is 2.99. The van der Waals surface area contributed by atoms with Crippen LogP contribution in [0.15, 0.2) is 24.3 Å². The number of methoxy groups -OCH3 is 2. The molecule has 0 aliphatic heterocycles. The van der Waals surface area contributed by atoms with E-state index in [-0.39, 0.29) is 6.61 Å². The van der Waals surface area contributed by atoms with E-state index in [1.807, 2.05) is 30.4 Å². The predicted molar refractivity (Wildman–Crippen MR) is 60.3 cm³/mol. The summed E-state index contributed by atoms with van der Waals surface area (Å²) in [6.45, 7) is 0.147. The van der Waals surface area contributed by atoms with Gasteiger partial charge < -0.3 is 14.6 Å². The lowest BCUT2D eigenvalue weighted by molar-refractivity contribution is 0.303. The topological polar surface area (TPSA) is 38.7 Å². The predicted octanol–water partition coefficient (Wildman–Crippen LogP) is 2.10. The Labute approximate surface area is 90.0 Å². The number of benzene rings is 1. The minimum Gasteiger partial charge on any atom is -0.496 e. The summed E-state index contributed by atoms with van der Waals surface area (Å²) in [5, 5.41) is 8.68. The summed E-state index contributed by atoms with van der Waals surface area (Å²) in [6, 6.07) is 5.63. The highest BCUT2D eigenvalue weighted by molar-refractivity contribution is 5.64. The Hall–Kier alpha value is -1.48. The van der Waals surface area contributed by atoms with Gasteiger partial charge in [-0.15, -0.1) is 0 Å². The lowest BCUT2D eigenvalue weighted by atomic mass is 10.1. The van der Waals surface area contributed by atoms with Gasteiger partial charge in [-0.1, -0.05) is 18.2 Å². The Morgan fingerprint density at radius 2 is 1.80 bits per heavy atom. The van der Waals surface area contributed by atoms with Gasteiger partial charge >= 0.3 is 0 Å². The number of aliphatic hydroxyl groups is 1. The van der Waals surface area contributed by atoms with Gasteiger partial charge in [-0.2, -0.15) is 0 Å². The van der Waals surface area contributed by atoms with E-state index < -0.39 is 0 Å². The minimum absolute atomic E-state index is 0.147. The first-order valence-corrected chi connectivity index (χ1v) is 4.82. The molecule has 0 aromatic heterocycles. The average Bonchev–Trinajstić information content (AvgIpc) is 2.29. The summed E-state index contributed by atoms with van der Waals surface area (Å²) in [6.07, 6.45) is 4.41. The molecular formula is C12H16O3. The second-order valence-corrected chi connectivity index (χ2v) is 2.99. The first-order valence-electron chi connectivity index (χ1n) is 4.82. The zero-order valence-corrected chi connectivity index (χ0v) is 9.06. The number of hydrogen-bond donors (Lipinski definition) is 1. The smallest absolute Gasteiger partial charge is 0.129 e. The quantitative estimate of drug-likeness (QED) is 0.805. The normalized spacial score (nSPS) is 10.6. The molecule has 1 N–H and O–H groups in total. The van der Waals surface area contributed by atoms with E-state index in [1.165, 1.54) is 0 Å². The van der Waals surface area contributed by atoms with E-state index in [1.54, 1.807) is 14.2 Å². The standard InChI is InChI=1S/C12H16O3/c1-14-11-7-5-8-12(15-2)10(11)6-3-4-9-13/h3,5-8,13H,4,9H2,1-2H3. The van der Waals surface area contributed by atoms with Gasteiger partial charge in [0.15, 0.2) is 0 Å². The third-order valence-electron chi connectivity index (χ3n) is 2.05. The summed E-state index contributed by atoms with van der Waals surface area (Å²) in [7, 11) is 3.25. The number of ether oxygens (including phenoxy) is 2. The van der Waals surface area contributed by atoms with Gasteiger partial charge in [0.25, 0.3) is 0 Å². The SMILES string of the molecule is COc1cccc(OC)c1C=CCCO. The van der Waals surface area contributed by atoms with Gasteiger partial charge in [0, 0.05) is 6.61 Å². The maximum Gasteiger partial charge on any atom is 0.129 e. The van der Waals surface area contributed by atoms with E-state index in [0.29, 0.717) is 6.42 Å². The highest BCUT2D eigenvalue weighted by Gasteiger charge is 2.05. The van der Waals surface area contributed by atoms with Crippen LogP contribution in [-0.4, -0.2) is 25.9 Å². The van der Waals surface area contributed by atoms with Crippen LogP contribution in [0.5, 0.6) is 11.5 Å². The molecule has 0 atom stereocenters. The summed E-state index contributed by atoms with van der Waals surface area (Å²) in [4.78, 5) is 0. The fourth-order valence-electron chi connectivity index (χ4n) is 1.32. The van der Waals surface area contributed by atoms with E-state index in [0.717, 1.165) is 17.1 Å². The van der Waals surface area contributed by atoms with Crippen LogP contribution in [0.2, 0.25) is 0 Å². The molecular weight excluding hydrogens is 192 g/mol. The number of rotatable bonds is 5. The molecule has 0 spiro atoms. The van der Waals surface area contributed by atoms with Crippen molar-refractivity contribution in [3.8, 4) is 11.5 Å².